The molecule has 7 heteroatoms. The molecule has 1 saturated carbocycles. The molecule has 2 unspecified atom stereocenters. The highest BCUT2D eigenvalue weighted by atomic mass is 16.5. The lowest BCUT2D eigenvalue weighted by Gasteiger charge is -2.27. The summed E-state index contributed by atoms with van der Waals surface area (Å²) >= 11 is 0. The van der Waals surface area contributed by atoms with Gasteiger partial charge in [-0.15, -0.1) is 10.2 Å². The minimum absolute atomic E-state index is 0.269. The molecule has 156 valence electrons. The van der Waals surface area contributed by atoms with Crippen LogP contribution in [0.3, 0.4) is 0 Å². The zero-order valence-corrected chi connectivity index (χ0v) is 17.5. The minimum atomic E-state index is 0.269. The first-order valence-electron chi connectivity index (χ1n) is 10.9. The molecule has 1 aliphatic carbocycles. The molecule has 2 aliphatic heterocycles. The summed E-state index contributed by atoms with van der Waals surface area (Å²) in [6.45, 7) is 7.53. The third-order valence-electron chi connectivity index (χ3n) is 6.77. The van der Waals surface area contributed by atoms with E-state index in [-0.39, 0.29) is 6.10 Å². The molecule has 2 saturated heterocycles. The maximum Gasteiger partial charge on any atom is 0.233 e. The molecule has 29 heavy (non-hydrogen) atoms. The van der Waals surface area contributed by atoms with Crippen molar-refractivity contribution in [1.29, 1.82) is 0 Å². The standard InChI is InChI=1S/C22H31N5O2/c1-15-20(13-26(2)25-15)21-5-6-22(24-23-21)29-19-8-17-11-27(12-18(17)9-19)10-16-4-3-7-28-14-16/h5-6,13,16-19H,3-4,7-12,14H2,1-2H3/t16?,17-,18+,19?. The monoisotopic (exact) mass is 397 g/mol. The molecule has 0 N–H and O–H groups in total. The van der Waals surface area contributed by atoms with Crippen molar-refractivity contribution >= 4 is 0 Å². The number of rotatable bonds is 5. The number of ether oxygens (including phenoxy) is 2. The highest BCUT2D eigenvalue weighted by Gasteiger charge is 2.42. The van der Waals surface area contributed by atoms with Crippen LogP contribution >= 0.6 is 0 Å². The van der Waals surface area contributed by atoms with Gasteiger partial charge in [0.1, 0.15) is 6.10 Å². The van der Waals surface area contributed by atoms with E-state index in [4.69, 9.17) is 9.47 Å². The van der Waals surface area contributed by atoms with E-state index in [1.165, 1.54) is 32.5 Å². The maximum absolute atomic E-state index is 6.19. The molecular formula is C22H31N5O2. The van der Waals surface area contributed by atoms with Gasteiger partial charge in [0.15, 0.2) is 0 Å². The van der Waals surface area contributed by atoms with Gasteiger partial charge in [0, 0.05) is 51.1 Å². The summed E-state index contributed by atoms with van der Waals surface area (Å²) in [7, 11) is 1.92. The van der Waals surface area contributed by atoms with Crippen molar-refractivity contribution < 1.29 is 9.47 Å². The molecule has 2 aromatic rings. The lowest BCUT2D eigenvalue weighted by atomic mass is 10.0. The predicted octanol–water partition coefficient (Wildman–Crippen LogP) is 2.70. The van der Waals surface area contributed by atoms with Crippen molar-refractivity contribution in [1.82, 2.24) is 24.9 Å². The fraction of sp³-hybridized carbons (Fsp3) is 0.682. The van der Waals surface area contributed by atoms with Crippen LogP contribution in [0.4, 0.5) is 0 Å². The van der Waals surface area contributed by atoms with Gasteiger partial charge in [0.2, 0.25) is 5.88 Å². The van der Waals surface area contributed by atoms with Crippen molar-refractivity contribution in [2.24, 2.45) is 24.8 Å². The van der Waals surface area contributed by atoms with Crippen LogP contribution in [0.5, 0.6) is 5.88 Å². The smallest absolute Gasteiger partial charge is 0.233 e. The van der Waals surface area contributed by atoms with Gasteiger partial charge in [0.25, 0.3) is 0 Å². The van der Waals surface area contributed by atoms with Gasteiger partial charge in [-0.1, -0.05) is 0 Å². The molecule has 0 aromatic carbocycles. The number of likely N-dealkylation sites (tertiary alicyclic amines) is 1. The highest BCUT2D eigenvalue weighted by molar-refractivity contribution is 5.60. The third-order valence-corrected chi connectivity index (χ3v) is 6.77. The van der Waals surface area contributed by atoms with Gasteiger partial charge in [-0.2, -0.15) is 5.10 Å². The largest absolute Gasteiger partial charge is 0.473 e. The molecule has 0 radical (unpaired) electrons. The normalized spacial score (nSPS) is 29.9. The van der Waals surface area contributed by atoms with E-state index in [0.29, 0.717) is 5.88 Å². The van der Waals surface area contributed by atoms with E-state index in [0.717, 1.165) is 60.8 Å². The molecule has 0 spiro atoms. The Kier molecular flexibility index (Phi) is 5.26. The van der Waals surface area contributed by atoms with Crippen LogP contribution in [-0.2, 0) is 11.8 Å². The van der Waals surface area contributed by atoms with E-state index in [9.17, 15) is 0 Å². The number of aryl methyl sites for hydroxylation is 2. The zero-order chi connectivity index (χ0) is 19.8. The summed E-state index contributed by atoms with van der Waals surface area (Å²) in [4.78, 5) is 2.66. The second-order valence-corrected chi connectivity index (χ2v) is 9.09. The van der Waals surface area contributed by atoms with E-state index in [1.54, 1.807) is 4.68 Å². The molecule has 4 atom stereocenters. The second kappa shape index (κ2) is 8.03. The predicted molar refractivity (Wildman–Crippen MR) is 110 cm³/mol. The fourth-order valence-electron chi connectivity index (χ4n) is 5.45. The first-order valence-corrected chi connectivity index (χ1v) is 10.9. The molecule has 4 heterocycles. The van der Waals surface area contributed by atoms with E-state index >= 15 is 0 Å². The third kappa shape index (κ3) is 4.16. The number of nitrogens with zero attached hydrogens (tertiary/aromatic N) is 5. The molecule has 0 bridgehead atoms. The van der Waals surface area contributed by atoms with E-state index in [2.05, 4.69) is 20.2 Å². The molecule has 3 fully saturated rings. The highest BCUT2D eigenvalue weighted by Crippen LogP contribution is 2.40. The van der Waals surface area contributed by atoms with Gasteiger partial charge in [-0.3, -0.25) is 4.68 Å². The van der Waals surface area contributed by atoms with Gasteiger partial charge in [0.05, 0.1) is 18.0 Å². The van der Waals surface area contributed by atoms with Crippen molar-refractivity contribution in [3.63, 3.8) is 0 Å². The summed E-state index contributed by atoms with van der Waals surface area (Å²) in [6, 6.07) is 3.92. The van der Waals surface area contributed by atoms with Crippen LogP contribution in [0.15, 0.2) is 18.3 Å². The minimum Gasteiger partial charge on any atom is -0.473 e. The van der Waals surface area contributed by atoms with E-state index < -0.39 is 0 Å². The van der Waals surface area contributed by atoms with Gasteiger partial charge >= 0.3 is 0 Å². The van der Waals surface area contributed by atoms with Crippen LogP contribution in [0.2, 0.25) is 0 Å². The van der Waals surface area contributed by atoms with Crippen molar-refractivity contribution in [3.8, 4) is 17.1 Å². The first kappa shape index (κ1) is 19.0. The average Bonchev–Trinajstić information content (AvgIpc) is 3.36. The van der Waals surface area contributed by atoms with Gasteiger partial charge < -0.3 is 14.4 Å². The quantitative estimate of drug-likeness (QED) is 0.773. The molecule has 2 aromatic heterocycles. The van der Waals surface area contributed by atoms with Crippen LogP contribution < -0.4 is 4.74 Å². The number of fused-ring (bicyclic) bond motifs is 1. The Morgan fingerprint density at radius 1 is 1.17 bits per heavy atom. The lowest BCUT2D eigenvalue weighted by molar-refractivity contribution is 0.0401. The summed E-state index contributed by atoms with van der Waals surface area (Å²) < 4.78 is 13.6. The Bertz CT molecular complexity index is 816. The van der Waals surface area contributed by atoms with Crippen LogP contribution in [0.1, 0.15) is 31.4 Å². The Labute approximate surface area is 172 Å². The fourth-order valence-corrected chi connectivity index (χ4v) is 5.45. The number of hydrogen-bond donors (Lipinski definition) is 0. The summed E-state index contributed by atoms with van der Waals surface area (Å²) in [5.74, 6) is 2.88. The molecule has 3 aliphatic rings. The van der Waals surface area contributed by atoms with Crippen LogP contribution in [0.25, 0.3) is 11.3 Å². The summed E-state index contributed by atoms with van der Waals surface area (Å²) in [5.41, 5.74) is 2.82. The number of aromatic nitrogens is 4. The first-order chi connectivity index (χ1) is 14.1. The van der Waals surface area contributed by atoms with E-state index in [1.807, 2.05) is 32.3 Å². The molecular weight excluding hydrogens is 366 g/mol. The Morgan fingerprint density at radius 3 is 2.62 bits per heavy atom. The van der Waals surface area contributed by atoms with Crippen molar-refractivity contribution in [3.05, 3.63) is 24.0 Å². The average molecular weight is 398 g/mol. The van der Waals surface area contributed by atoms with Gasteiger partial charge in [-0.25, -0.2) is 0 Å². The van der Waals surface area contributed by atoms with Gasteiger partial charge in [-0.05, 0) is 56.4 Å². The zero-order valence-electron chi connectivity index (χ0n) is 17.5. The topological polar surface area (TPSA) is 65.3 Å². The van der Waals surface area contributed by atoms with Crippen molar-refractivity contribution in [2.75, 3.05) is 32.8 Å². The lowest BCUT2D eigenvalue weighted by Crippen LogP contribution is -2.33. The SMILES string of the molecule is Cc1nn(C)cc1-c1ccc(OC2C[C@@H]3CN(CC4CCCOC4)C[C@@H]3C2)nn1. The molecule has 5 rings (SSSR count). The van der Waals surface area contributed by atoms with Crippen LogP contribution in [-0.4, -0.2) is 63.8 Å². The summed E-state index contributed by atoms with van der Waals surface area (Å²) in [6.07, 6.45) is 7.06. The Morgan fingerprint density at radius 2 is 2.00 bits per heavy atom. The Balaban J connectivity index is 1.13. The molecule has 7 nitrogen and oxygen atoms in total. The Hall–Kier alpha value is -1.99. The number of hydrogen-bond acceptors (Lipinski definition) is 6. The van der Waals surface area contributed by atoms with Crippen LogP contribution in [0, 0.1) is 24.7 Å². The van der Waals surface area contributed by atoms with Crippen molar-refractivity contribution in [2.45, 2.75) is 38.7 Å². The maximum atomic E-state index is 6.19. The second-order valence-electron chi connectivity index (χ2n) is 9.09. The molecule has 0 amide bonds. The summed E-state index contributed by atoms with van der Waals surface area (Å²) in [5, 5.41) is 13.1.